The van der Waals surface area contributed by atoms with Gasteiger partial charge in [-0.3, -0.25) is 4.98 Å². The maximum Gasteiger partial charge on any atom is 0.0726 e. The smallest absolute Gasteiger partial charge is 0.0726 e. The Balaban J connectivity index is 1.69. The zero-order valence-electron chi connectivity index (χ0n) is 13.9. The van der Waals surface area contributed by atoms with Crippen molar-refractivity contribution in [3.63, 3.8) is 0 Å². The molecular formula is C20H27BrN2. The maximum atomic E-state index is 4.91. The van der Waals surface area contributed by atoms with Crippen molar-refractivity contribution in [1.29, 1.82) is 0 Å². The number of aromatic nitrogens is 1. The number of para-hydroxylation sites is 1. The molecule has 3 heteroatoms. The summed E-state index contributed by atoms with van der Waals surface area (Å²) >= 11 is 3.50. The first-order chi connectivity index (χ1) is 11.4. The molecule has 0 radical (unpaired) electrons. The predicted octanol–water partition coefficient (Wildman–Crippen LogP) is 5.87. The monoisotopic (exact) mass is 374 g/mol. The van der Waals surface area contributed by atoms with E-state index < -0.39 is 0 Å². The molecule has 0 saturated heterocycles. The summed E-state index contributed by atoms with van der Waals surface area (Å²) in [4.78, 5) is 4.91. The van der Waals surface area contributed by atoms with Crippen molar-refractivity contribution in [2.45, 2.75) is 57.8 Å². The van der Waals surface area contributed by atoms with Crippen LogP contribution in [0.5, 0.6) is 0 Å². The molecular weight excluding hydrogens is 348 g/mol. The van der Waals surface area contributed by atoms with Crippen molar-refractivity contribution >= 4 is 32.5 Å². The van der Waals surface area contributed by atoms with E-state index in [9.17, 15) is 0 Å². The molecule has 1 aromatic carbocycles. The first-order valence-electron chi connectivity index (χ1n) is 9.10. The van der Waals surface area contributed by atoms with Crippen LogP contribution >= 0.6 is 15.9 Å². The number of hydrogen-bond acceptors (Lipinski definition) is 2. The lowest BCUT2D eigenvalue weighted by Gasteiger charge is -2.21. The summed E-state index contributed by atoms with van der Waals surface area (Å²) in [6.07, 6.45) is 11.5. The maximum absolute atomic E-state index is 4.91. The second-order valence-electron chi connectivity index (χ2n) is 6.52. The molecule has 2 aromatic rings. The van der Waals surface area contributed by atoms with E-state index in [4.69, 9.17) is 4.98 Å². The molecule has 0 unspecified atom stereocenters. The molecule has 3 rings (SSSR count). The lowest BCUT2D eigenvalue weighted by molar-refractivity contribution is 0.647. The van der Waals surface area contributed by atoms with Crippen LogP contribution in [0.3, 0.4) is 0 Å². The molecule has 1 N–H and O–H groups in total. The molecule has 1 aliphatic rings. The average molecular weight is 375 g/mol. The summed E-state index contributed by atoms with van der Waals surface area (Å²) in [5.74, 6) is 0. The van der Waals surface area contributed by atoms with E-state index >= 15 is 0 Å². The molecule has 23 heavy (non-hydrogen) atoms. The fourth-order valence-corrected chi connectivity index (χ4v) is 3.93. The third-order valence-corrected chi connectivity index (χ3v) is 5.34. The van der Waals surface area contributed by atoms with Gasteiger partial charge in [-0.25, -0.2) is 0 Å². The predicted molar refractivity (Wildman–Crippen MR) is 104 cm³/mol. The topological polar surface area (TPSA) is 24.9 Å². The minimum atomic E-state index is 1.08. The highest BCUT2D eigenvalue weighted by molar-refractivity contribution is 9.09. The normalized spacial score (nSPS) is 14.0. The number of hydrogen-bond donors (Lipinski definition) is 1. The Bertz CT molecular complexity index is 639. The first-order valence-corrected chi connectivity index (χ1v) is 10.2. The number of alkyl halides is 1. The van der Waals surface area contributed by atoms with Crippen LogP contribution in [-0.4, -0.2) is 16.9 Å². The van der Waals surface area contributed by atoms with Crippen LogP contribution in [0.2, 0.25) is 0 Å². The number of fused-ring (bicyclic) bond motifs is 2. The fraction of sp³-hybridized carbons (Fsp3) is 0.550. The van der Waals surface area contributed by atoms with Crippen LogP contribution in [0.4, 0.5) is 5.69 Å². The van der Waals surface area contributed by atoms with Gasteiger partial charge in [-0.2, -0.15) is 0 Å². The number of pyridine rings is 1. The van der Waals surface area contributed by atoms with Crippen LogP contribution in [0, 0.1) is 0 Å². The summed E-state index contributed by atoms with van der Waals surface area (Å²) in [5, 5.41) is 6.20. The van der Waals surface area contributed by atoms with Gasteiger partial charge in [0.1, 0.15) is 0 Å². The van der Waals surface area contributed by atoms with Gasteiger partial charge in [-0.05, 0) is 50.2 Å². The molecule has 0 spiro atoms. The highest BCUT2D eigenvalue weighted by atomic mass is 79.9. The molecule has 1 aliphatic carbocycles. The highest BCUT2D eigenvalue weighted by Crippen LogP contribution is 2.33. The van der Waals surface area contributed by atoms with E-state index in [1.165, 1.54) is 73.7 Å². The summed E-state index contributed by atoms with van der Waals surface area (Å²) < 4.78 is 0. The second-order valence-corrected chi connectivity index (χ2v) is 7.31. The standard InChI is InChI=1S/C20H27BrN2/c21-14-8-2-1-3-9-15-22-20-16-10-4-6-12-18(16)23-19-13-7-5-11-17(19)20/h4,6,10,12H,1-3,5,7-9,11,13-15H2,(H,22,23). The Kier molecular flexibility index (Phi) is 6.32. The zero-order valence-corrected chi connectivity index (χ0v) is 15.5. The zero-order chi connectivity index (χ0) is 15.9. The SMILES string of the molecule is BrCCCCCCCNc1c2c(nc3ccccc13)CCCC2. The van der Waals surface area contributed by atoms with E-state index in [1.54, 1.807) is 0 Å². The summed E-state index contributed by atoms with van der Waals surface area (Å²) in [6, 6.07) is 8.59. The molecule has 2 nitrogen and oxygen atoms in total. The van der Waals surface area contributed by atoms with Crippen LogP contribution in [0.25, 0.3) is 10.9 Å². The van der Waals surface area contributed by atoms with Crippen LogP contribution in [-0.2, 0) is 12.8 Å². The van der Waals surface area contributed by atoms with E-state index in [-0.39, 0.29) is 0 Å². The van der Waals surface area contributed by atoms with Crippen molar-refractivity contribution in [1.82, 2.24) is 4.98 Å². The quantitative estimate of drug-likeness (QED) is 0.461. The van der Waals surface area contributed by atoms with Gasteiger partial charge >= 0.3 is 0 Å². The third-order valence-electron chi connectivity index (χ3n) is 4.78. The summed E-state index contributed by atoms with van der Waals surface area (Å²) in [6.45, 7) is 1.08. The number of aryl methyl sites for hydroxylation is 1. The minimum absolute atomic E-state index is 1.08. The Morgan fingerprint density at radius 3 is 2.65 bits per heavy atom. The summed E-state index contributed by atoms with van der Waals surface area (Å²) in [5.41, 5.74) is 5.32. The molecule has 1 aromatic heterocycles. The van der Waals surface area contributed by atoms with Gasteiger partial charge in [-0.1, -0.05) is 53.4 Å². The Hall–Kier alpha value is -1.09. The number of nitrogens with zero attached hydrogens (tertiary/aromatic N) is 1. The molecule has 0 atom stereocenters. The largest absolute Gasteiger partial charge is 0.384 e. The Labute approximate surface area is 148 Å². The van der Waals surface area contributed by atoms with E-state index in [1.807, 2.05) is 0 Å². The average Bonchev–Trinajstić information content (AvgIpc) is 2.60. The van der Waals surface area contributed by atoms with Gasteiger partial charge in [0.15, 0.2) is 0 Å². The number of nitrogens with one attached hydrogen (secondary N) is 1. The van der Waals surface area contributed by atoms with Crippen molar-refractivity contribution < 1.29 is 0 Å². The van der Waals surface area contributed by atoms with Gasteiger partial charge in [0.05, 0.1) is 5.52 Å². The number of halogens is 1. The molecule has 0 bridgehead atoms. The van der Waals surface area contributed by atoms with Crippen molar-refractivity contribution in [3.05, 3.63) is 35.5 Å². The van der Waals surface area contributed by atoms with Gasteiger partial charge < -0.3 is 5.32 Å². The van der Waals surface area contributed by atoms with Crippen molar-refractivity contribution in [2.24, 2.45) is 0 Å². The number of unbranched alkanes of at least 4 members (excludes halogenated alkanes) is 4. The van der Waals surface area contributed by atoms with E-state index in [2.05, 4.69) is 45.5 Å². The summed E-state index contributed by atoms with van der Waals surface area (Å²) in [7, 11) is 0. The molecule has 124 valence electrons. The fourth-order valence-electron chi connectivity index (χ4n) is 3.54. The number of rotatable bonds is 8. The van der Waals surface area contributed by atoms with Crippen LogP contribution in [0.15, 0.2) is 24.3 Å². The Morgan fingerprint density at radius 1 is 0.957 bits per heavy atom. The van der Waals surface area contributed by atoms with Gasteiger partial charge in [-0.15, -0.1) is 0 Å². The van der Waals surface area contributed by atoms with Gasteiger partial charge in [0.25, 0.3) is 0 Å². The Morgan fingerprint density at radius 2 is 1.74 bits per heavy atom. The van der Waals surface area contributed by atoms with Crippen LogP contribution < -0.4 is 5.32 Å². The van der Waals surface area contributed by atoms with E-state index in [0.717, 1.165) is 23.8 Å². The third kappa shape index (κ3) is 4.26. The second kappa shape index (κ2) is 8.68. The van der Waals surface area contributed by atoms with Gasteiger partial charge in [0, 0.05) is 28.6 Å². The first kappa shape index (κ1) is 16.8. The number of anilines is 1. The van der Waals surface area contributed by atoms with E-state index in [0.29, 0.717) is 0 Å². The number of benzene rings is 1. The lowest BCUT2D eigenvalue weighted by Crippen LogP contribution is -2.12. The molecule has 0 aliphatic heterocycles. The molecule has 0 saturated carbocycles. The molecule has 1 heterocycles. The minimum Gasteiger partial charge on any atom is -0.384 e. The van der Waals surface area contributed by atoms with Crippen LogP contribution in [0.1, 0.15) is 56.2 Å². The van der Waals surface area contributed by atoms with Crippen molar-refractivity contribution in [2.75, 3.05) is 17.2 Å². The highest BCUT2D eigenvalue weighted by Gasteiger charge is 2.17. The molecule has 0 fully saturated rings. The molecule has 0 amide bonds. The lowest BCUT2D eigenvalue weighted by atomic mass is 9.92. The van der Waals surface area contributed by atoms with Crippen molar-refractivity contribution in [3.8, 4) is 0 Å². The van der Waals surface area contributed by atoms with Gasteiger partial charge in [0.2, 0.25) is 0 Å².